The monoisotopic (exact) mass is 425 g/mol. The van der Waals surface area contributed by atoms with Crippen LogP contribution < -0.4 is 4.74 Å². The number of benzene rings is 3. The van der Waals surface area contributed by atoms with Gasteiger partial charge in [0.15, 0.2) is 5.82 Å². The molecule has 0 radical (unpaired) electrons. The van der Waals surface area contributed by atoms with Gasteiger partial charge in [-0.1, -0.05) is 84.0 Å². The third-order valence-corrected chi connectivity index (χ3v) is 6.21. The van der Waals surface area contributed by atoms with Gasteiger partial charge in [-0.3, -0.25) is 4.90 Å². The molecule has 2 heterocycles. The summed E-state index contributed by atoms with van der Waals surface area (Å²) in [6.45, 7) is 1.63. The van der Waals surface area contributed by atoms with Gasteiger partial charge in [0, 0.05) is 11.6 Å². The highest BCUT2D eigenvalue weighted by Gasteiger charge is 2.30. The van der Waals surface area contributed by atoms with Crippen LogP contribution in [0.5, 0.6) is 5.75 Å². The maximum atomic E-state index is 5.76. The average molecular weight is 426 g/mol. The van der Waals surface area contributed by atoms with Crippen molar-refractivity contribution in [1.82, 2.24) is 15.0 Å². The molecule has 1 aliphatic heterocycles. The molecule has 5 rings (SSSR count). The minimum Gasteiger partial charge on any atom is -0.496 e. The summed E-state index contributed by atoms with van der Waals surface area (Å²) in [5.74, 6) is 2.23. The SMILES string of the molecule is COc1ccccc1C1CCCN1Cc1nc(C(c2ccccc2)c2ccccc2)no1. The molecule has 1 aliphatic rings. The normalized spacial score (nSPS) is 16.5. The molecule has 5 heteroatoms. The van der Waals surface area contributed by atoms with Crippen molar-refractivity contribution < 1.29 is 9.26 Å². The van der Waals surface area contributed by atoms with Gasteiger partial charge in [0.25, 0.3) is 0 Å². The fourth-order valence-corrected chi connectivity index (χ4v) is 4.71. The van der Waals surface area contributed by atoms with Crippen molar-refractivity contribution in [2.24, 2.45) is 0 Å². The van der Waals surface area contributed by atoms with Crippen LogP contribution in [0.15, 0.2) is 89.5 Å². The molecule has 1 unspecified atom stereocenters. The van der Waals surface area contributed by atoms with Crippen LogP contribution in [0.25, 0.3) is 0 Å². The van der Waals surface area contributed by atoms with Crippen LogP contribution in [0, 0.1) is 0 Å². The van der Waals surface area contributed by atoms with E-state index in [0.29, 0.717) is 24.3 Å². The Morgan fingerprint density at radius 2 is 1.59 bits per heavy atom. The molecule has 0 N–H and O–H groups in total. The third-order valence-electron chi connectivity index (χ3n) is 6.21. The van der Waals surface area contributed by atoms with Crippen molar-refractivity contribution in [1.29, 1.82) is 0 Å². The van der Waals surface area contributed by atoms with E-state index in [4.69, 9.17) is 14.2 Å². The highest BCUT2D eigenvalue weighted by Crippen LogP contribution is 2.38. The second-order valence-corrected chi connectivity index (χ2v) is 8.17. The molecule has 0 saturated carbocycles. The molecule has 0 aliphatic carbocycles. The molecule has 0 bridgehead atoms. The lowest BCUT2D eigenvalue weighted by Gasteiger charge is -2.24. The maximum absolute atomic E-state index is 5.76. The summed E-state index contributed by atoms with van der Waals surface area (Å²) < 4.78 is 11.4. The Bertz CT molecular complexity index is 1100. The van der Waals surface area contributed by atoms with Gasteiger partial charge in [0.05, 0.1) is 19.6 Å². The summed E-state index contributed by atoms with van der Waals surface area (Å²) in [6.07, 6.45) is 2.23. The Morgan fingerprint density at radius 3 is 2.28 bits per heavy atom. The predicted molar refractivity (Wildman–Crippen MR) is 124 cm³/mol. The van der Waals surface area contributed by atoms with E-state index in [1.54, 1.807) is 7.11 Å². The van der Waals surface area contributed by atoms with E-state index >= 15 is 0 Å². The number of nitrogens with zero attached hydrogens (tertiary/aromatic N) is 3. The highest BCUT2D eigenvalue weighted by atomic mass is 16.5. The lowest BCUT2D eigenvalue weighted by molar-refractivity contribution is 0.209. The molecule has 4 aromatic rings. The number of para-hydroxylation sites is 1. The van der Waals surface area contributed by atoms with Gasteiger partial charge >= 0.3 is 0 Å². The molecule has 0 amide bonds. The predicted octanol–water partition coefficient (Wildman–Crippen LogP) is 5.60. The first-order valence-corrected chi connectivity index (χ1v) is 11.1. The number of rotatable bonds is 7. The van der Waals surface area contributed by atoms with Crippen LogP contribution >= 0.6 is 0 Å². The van der Waals surface area contributed by atoms with Gasteiger partial charge in [0.1, 0.15) is 5.75 Å². The largest absolute Gasteiger partial charge is 0.496 e. The third kappa shape index (κ3) is 4.16. The highest BCUT2D eigenvalue weighted by molar-refractivity contribution is 5.38. The van der Waals surface area contributed by atoms with Crippen molar-refractivity contribution in [3.8, 4) is 5.75 Å². The number of aromatic nitrogens is 2. The Morgan fingerprint density at radius 1 is 0.938 bits per heavy atom. The first-order chi connectivity index (χ1) is 15.8. The molecule has 32 heavy (non-hydrogen) atoms. The first-order valence-electron chi connectivity index (χ1n) is 11.1. The van der Waals surface area contributed by atoms with Gasteiger partial charge < -0.3 is 9.26 Å². The lowest BCUT2D eigenvalue weighted by Crippen LogP contribution is -2.23. The minimum atomic E-state index is -0.0570. The van der Waals surface area contributed by atoms with E-state index in [1.165, 1.54) is 5.56 Å². The molecular weight excluding hydrogens is 398 g/mol. The fourth-order valence-electron chi connectivity index (χ4n) is 4.71. The number of hydrogen-bond acceptors (Lipinski definition) is 5. The summed E-state index contributed by atoms with van der Waals surface area (Å²) in [5, 5.41) is 4.41. The zero-order valence-corrected chi connectivity index (χ0v) is 18.2. The van der Waals surface area contributed by atoms with Crippen molar-refractivity contribution in [2.75, 3.05) is 13.7 Å². The summed E-state index contributed by atoms with van der Waals surface area (Å²) in [7, 11) is 1.73. The van der Waals surface area contributed by atoms with Crippen molar-refractivity contribution >= 4 is 0 Å². The van der Waals surface area contributed by atoms with Crippen molar-refractivity contribution in [2.45, 2.75) is 31.3 Å². The molecule has 162 valence electrons. The number of likely N-dealkylation sites (tertiary alicyclic amines) is 1. The van der Waals surface area contributed by atoms with Gasteiger partial charge in [0.2, 0.25) is 5.89 Å². The van der Waals surface area contributed by atoms with Crippen LogP contribution in [0.3, 0.4) is 0 Å². The molecular formula is C27H27N3O2. The van der Waals surface area contributed by atoms with Crippen LogP contribution in [-0.2, 0) is 6.54 Å². The molecule has 1 atom stereocenters. The molecule has 1 aromatic heterocycles. The van der Waals surface area contributed by atoms with E-state index in [9.17, 15) is 0 Å². The number of ether oxygens (including phenoxy) is 1. The first kappa shape index (κ1) is 20.5. The molecule has 0 spiro atoms. The van der Waals surface area contributed by atoms with Crippen LogP contribution in [0.4, 0.5) is 0 Å². The molecule has 3 aromatic carbocycles. The topological polar surface area (TPSA) is 51.4 Å². The quantitative estimate of drug-likeness (QED) is 0.386. The second-order valence-electron chi connectivity index (χ2n) is 8.17. The Kier molecular flexibility index (Phi) is 5.99. The molecule has 5 nitrogen and oxygen atoms in total. The number of hydrogen-bond donors (Lipinski definition) is 0. The summed E-state index contributed by atoms with van der Waals surface area (Å²) in [6, 6.07) is 29.3. The van der Waals surface area contributed by atoms with E-state index < -0.39 is 0 Å². The Labute approximate surface area is 188 Å². The van der Waals surface area contributed by atoms with Crippen LogP contribution in [0.2, 0.25) is 0 Å². The minimum absolute atomic E-state index is 0.0570. The van der Waals surface area contributed by atoms with E-state index in [2.05, 4.69) is 46.5 Å². The second kappa shape index (κ2) is 9.37. The fraction of sp³-hybridized carbons (Fsp3) is 0.259. The smallest absolute Gasteiger partial charge is 0.240 e. The number of methoxy groups -OCH3 is 1. The Hall–Kier alpha value is -3.44. The van der Waals surface area contributed by atoms with E-state index in [0.717, 1.165) is 36.3 Å². The van der Waals surface area contributed by atoms with Gasteiger partial charge in [-0.05, 0) is 36.6 Å². The average Bonchev–Trinajstić information content (AvgIpc) is 3.51. The van der Waals surface area contributed by atoms with Crippen molar-refractivity contribution in [3.63, 3.8) is 0 Å². The van der Waals surface area contributed by atoms with Crippen molar-refractivity contribution in [3.05, 3.63) is 113 Å². The van der Waals surface area contributed by atoms with E-state index in [1.807, 2.05) is 48.5 Å². The Balaban J connectivity index is 1.41. The van der Waals surface area contributed by atoms with Crippen LogP contribution in [0.1, 0.15) is 53.2 Å². The lowest BCUT2D eigenvalue weighted by atomic mass is 9.91. The molecule has 1 saturated heterocycles. The zero-order chi connectivity index (χ0) is 21.8. The summed E-state index contributed by atoms with van der Waals surface area (Å²) >= 11 is 0. The standard InChI is InChI=1S/C27H27N3O2/c1-31-24-17-9-8-15-22(24)23-16-10-18-30(23)19-25-28-27(29-32-25)26(20-11-4-2-5-12-20)21-13-6-3-7-14-21/h2-9,11-15,17,23,26H,10,16,18-19H2,1H3. The van der Waals surface area contributed by atoms with Crippen LogP contribution in [-0.4, -0.2) is 28.7 Å². The maximum Gasteiger partial charge on any atom is 0.240 e. The van der Waals surface area contributed by atoms with Gasteiger partial charge in [-0.15, -0.1) is 0 Å². The van der Waals surface area contributed by atoms with Gasteiger partial charge in [-0.25, -0.2) is 0 Å². The van der Waals surface area contributed by atoms with E-state index in [-0.39, 0.29) is 5.92 Å². The van der Waals surface area contributed by atoms with Gasteiger partial charge in [-0.2, -0.15) is 4.98 Å². The molecule has 1 fully saturated rings. The summed E-state index contributed by atoms with van der Waals surface area (Å²) in [5.41, 5.74) is 3.52. The summed E-state index contributed by atoms with van der Waals surface area (Å²) in [4.78, 5) is 7.26. The zero-order valence-electron chi connectivity index (χ0n) is 18.2.